The number of hydrogen-bond acceptors (Lipinski definition) is 6. The predicted molar refractivity (Wildman–Crippen MR) is 73.1 cm³/mol. The summed E-state index contributed by atoms with van der Waals surface area (Å²) in [6.07, 6.45) is 0. The number of ketones is 1. The SMILES string of the molecule is O=C1c2cc(S(=O)(=O)[O-])ccc2-c2ccc(S(=O)(=O)O)cc21.[K+].[K+]. The minimum absolute atomic E-state index is 0. The molecule has 11 heteroatoms. The number of hydrogen-bond donors (Lipinski definition) is 1. The Morgan fingerprint density at radius 3 is 1.58 bits per heavy atom. The van der Waals surface area contributed by atoms with E-state index in [1.54, 1.807) is 0 Å². The fourth-order valence-corrected chi connectivity index (χ4v) is 3.36. The molecule has 0 fully saturated rings. The van der Waals surface area contributed by atoms with Crippen molar-refractivity contribution in [1.29, 1.82) is 0 Å². The second-order valence-corrected chi connectivity index (χ2v) is 7.47. The molecule has 24 heavy (non-hydrogen) atoms. The van der Waals surface area contributed by atoms with Crippen LogP contribution in [0.1, 0.15) is 15.9 Å². The van der Waals surface area contributed by atoms with Crippen molar-refractivity contribution in [2.24, 2.45) is 0 Å². The Labute approximate surface area is 223 Å². The van der Waals surface area contributed by atoms with Gasteiger partial charge in [-0.1, -0.05) is 12.1 Å². The van der Waals surface area contributed by atoms with Gasteiger partial charge in [0, 0.05) is 11.1 Å². The van der Waals surface area contributed by atoms with Crippen LogP contribution in [0.2, 0.25) is 0 Å². The number of rotatable bonds is 2. The van der Waals surface area contributed by atoms with Crippen molar-refractivity contribution in [1.82, 2.24) is 0 Å². The van der Waals surface area contributed by atoms with Gasteiger partial charge in [-0.2, -0.15) is 8.42 Å². The van der Waals surface area contributed by atoms with Crippen LogP contribution < -0.4 is 103 Å². The van der Waals surface area contributed by atoms with Crippen LogP contribution in [0.4, 0.5) is 0 Å². The van der Waals surface area contributed by atoms with E-state index < -0.39 is 35.8 Å². The van der Waals surface area contributed by atoms with E-state index in [-0.39, 0.29) is 114 Å². The van der Waals surface area contributed by atoms with Crippen LogP contribution >= 0.6 is 0 Å². The summed E-state index contributed by atoms with van der Waals surface area (Å²) in [4.78, 5) is 11.3. The van der Waals surface area contributed by atoms with Gasteiger partial charge < -0.3 is 4.55 Å². The first kappa shape index (κ1) is 23.2. The maximum atomic E-state index is 12.3. The third-order valence-corrected chi connectivity index (χ3v) is 5.03. The van der Waals surface area contributed by atoms with Gasteiger partial charge in [0.05, 0.1) is 9.79 Å². The molecule has 0 spiro atoms. The number of carbonyl (C=O) groups excluding carboxylic acids is 1. The van der Waals surface area contributed by atoms with E-state index >= 15 is 0 Å². The van der Waals surface area contributed by atoms with Crippen LogP contribution in [0.3, 0.4) is 0 Å². The van der Waals surface area contributed by atoms with Crippen molar-refractivity contribution in [2.45, 2.75) is 9.79 Å². The van der Waals surface area contributed by atoms with Gasteiger partial charge in [-0.05, 0) is 35.4 Å². The van der Waals surface area contributed by atoms with Crippen molar-refractivity contribution >= 4 is 26.0 Å². The van der Waals surface area contributed by atoms with Crippen molar-refractivity contribution in [3.63, 3.8) is 0 Å². The molecule has 0 aromatic heterocycles. The number of benzene rings is 2. The molecule has 0 amide bonds. The quantitative estimate of drug-likeness (QED) is 0.327. The second kappa shape index (κ2) is 8.06. The normalized spacial score (nSPS) is 12.7. The van der Waals surface area contributed by atoms with E-state index in [0.717, 1.165) is 24.3 Å². The largest absolute Gasteiger partial charge is 1.00 e. The Balaban J connectivity index is 0.00000144. The number of fused-ring (bicyclic) bond motifs is 3. The average molecular weight is 418 g/mol. The van der Waals surface area contributed by atoms with Crippen LogP contribution in [-0.2, 0) is 20.2 Å². The van der Waals surface area contributed by atoms with Crippen LogP contribution in [0, 0.1) is 0 Å². The molecule has 3 rings (SSSR count). The van der Waals surface area contributed by atoms with E-state index in [2.05, 4.69) is 0 Å². The van der Waals surface area contributed by atoms with Gasteiger partial charge in [0.1, 0.15) is 10.1 Å². The molecule has 0 bridgehead atoms. The molecular formula is C13H7K2O7S2+. The van der Waals surface area contributed by atoms with Gasteiger partial charge in [0.15, 0.2) is 5.78 Å². The van der Waals surface area contributed by atoms with Crippen molar-refractivity contribution in [3.05, 3.63) is 47.5 Å². The summed E-state index contributed by atoms with van der Waals surface area (Å²) < 4.78 is 64.3. The molecule has 0 unspecified atom stereocenters. The van der Waals surface area contributed by atoms with Gasteiger partial charge >= 0.3 is 103 Å². The zero-order valence-electron chi connectivity index (χ0n) is 12.7. The zero-order valence-corrected chi connectivity index (χ0v) is 20.6. The molecule has 0 heterocycles. The first-order valence-corrected chi connectivity index (χ1v) is 8.70. The molecule has 0 saturated heterocycles. The van der Waals surface area contributed by atoms with E-state index in [1.165, 1.54) is 12.1 Å². The molecule has 0 radical (unpaired) electrons. The third kappa shape index (κ3) is 4.36. The Kier molecular flexibility index (Phi) is 7.81. The van der Waals surface area contributed by atoms with Crippen LogP contribution in [0.25, 0.3) is 11.1 Å². The standard InChI is InChI=1S/C13H8O7S2.2K/c14-13-11-5-7(21(15,16)17)1-3-9(11)10-4-2-8(6-12(10)13)22(18,19)20;;/h1-6H,(H,15,16,17)(H,18,19,20);;/q;2*+1/p-1. The monoisotopic (exact) mass is 417 g/mol. The van der Waals surface area contributed by atoms with Gasteiger partial charge in [0.2, 0.25) is 0 Å². The van der Waals surface area contributed by atoms with Crippen molar-refractivity contribution in [2.75, 3.05) is 0 Å². The molecule has 0 saturated carbocycles. The Morgan fingerprint density at radius 2 is 1.17 bits per heavy atom. The molecule has 1 aliphatic carbocycles. The second-order valence-electron chi connectivity index (χ2n) is 4.67. The van der Waals surface area contributed by atoms with Crippen molar-refractivity contribution < 1.29 is 134 Å². The number of carbonyl (C=O) groups is 1. The summed E-state index contributed by atoms with van der Waals surface area (Å²) in [5.74, 6) is -0.610. The summed E-state index contributed by atoms with van der Waals surface area (Å²) in [6, 6.07) is 6.85. The van der Waals surface area contributed by atoms with Crippen LogP contribution in [0.15, 0.2) is 46.2 Å². The first-order chi connectivity index (χ1) is 10.1. The van der Waals surface area contributed by atoms with Gasteiger partial charge in [-0.3, -0.25) is 9.35 Å². The summed E-state index contributed by atoms with van der Waals surface area (Å²) in [7, 11) is -9.17. The Morgan fingerprint density at radius 1 is 0.750 bits per heavy atom. The fraction of sp³-hybridized carbons (Fsp3) is 0. The molecule has 2 aromatic carbocycles. The summed E-state index contributed by atoms with van der Waals surface area (Å²) in [6.45, 7) is 0. The fourth-order valence-electron chi connectivity index (χ4n) is 2.35. The summed E-state index contributed by atoms with van der Waals surface area (Å²) >= 11 is 0. The summed E-state index contributed by atoms with van der Waals surface area (Å²) in [5.41, 5.74) is 0.821. The van der Waals surface area contributed by atoms with Gasteiger partial charge in [-0.25, -0.2) is 8.42 Å². The molecular weight excluding hydrogens is 410 g/mol. The van der Waals surface area contributed by atoms with E-state index in [9.17, 15) is 26.2 Å². The maximum Gasteiger partial charge on any atom is 1.00 e. The molecule has 1 aliphatic rings. The predicted octanol–water partition coefficient (Wildman–Crippen LogP) is -4.94. The van der Waals surface area contributed by atoms with E-state index in [0.29, 0.717) is 11.1 Å². The van der Waals surface area contributed by atoms with Gasteiger partial charge in [-0.15, -0.1) is 0 Å². The van der Waals surface area contributed by atoms with E-state index in [1.807, 2.05) is 0 Å². The van der Waals surface area contributed by atoms with E-state index in [4.69, 9.17) is 4.55 Å². The van der Waals surface area contributed by atoms with Crippen molar-refractivity contribution in [3.8, 4) is 11.1 Å². The Hall–Kier alpha value is 1.20. The third-order valence-electron chi connectivity index (χ3n) is 3.35. The topological polar surface area (TPSA) is 129 Å². The minimum atomic E-state index is -4.70. The minimum Gasteiger partial charge on any atom is -0.744 e. The molecule has 7 nitrogen and oxygen atoms in total. The molecule has 114 valence electrons. The summed E-state index contributed by atoms with van der Waals surface area (Å²) in [5, 5.41) is 0. The molecule has 1 N–H and O–H groups in total. The molecule has 2 aromatic rings. The maximum absolute atomic E-state index is 12.3. The Bertz CT molecular complexity index is 960. The average Bonchev–Trinajstić information content (AvgIpc) is 2.70. The first-order valence-electron chi connectivity index (χ1n) is 5.85. The molecule has 0 aliphatic heterocycles. The van der Waals surface area contributed by atoms with Crippen LogP contribution in [0.5, 0.6) is 0 Å². The zero-order chi connectivity index (χ0) is 16.3. The van der Waals surface area contributed by atoms with Gasteiger partial charge in [0.25, 0.3) is 10.1 Å². The smallest absolute Gasteiger partial charge is 0.744 e. The van der Waals surface area contributed by atoms with Crippen LogP contribution in [-0.4, -0.2) is 31.7 Å². The molecule has 0 atom stereocenters.